The summed E-state index contributed by atoms with van der Waals surface area (Å²) >= 11 is 5.93. The largest absolute Gasteiger partial charge is 0.393 e. The quantitative estimate of drug-likeness (QED) is 0.900. The Morgan fingerprint density at radius 2 is 1.94 bits per heavy atom. The Kier molecular flexibility index (Phi) is 3.48. The first-order valence-corrected chi connectivity index (χ1v) is 7.53. The highest BCUT2D eigenvalue weighted by Gasteiger charge is 2.41. The molecule has 0 saturated heterocycles. The van der Waals surface area contributed by atoms with Gasteiger partial charge in [0.1, 0.15) is 0 Å². The van der Waals surface area contributed by atoms with Gasteiger partial charge in [-0.15, -0.1) is 0 Å². The molecule has 0 heterocycles. The molecule has 0 aliphatic heterocycles. The lowest BCUT2D eigenvalue weighted by atomic mass is 10.1. The van der Waals surface area contributed by atoms with Crippen molar-refractivity contribution in [2.75, 3.05) is 0 Å². The Balaban J connectivity index is 2.41. The first kappa shape index (κ1) is 12.9. The molecule has 0 radical (unpaired) electrons. The van der Waals surface area contributed by atoms with E-state index in [2.05, 4.69) is 0 Å². The highest BCUT2D eigenvalue weighted by Crippen LogP contribution is 2.36. The molecule has 1 aliphatic carbocycles. The summed E-state index contributed by atoms with van der Waals surface area (Å²) in [6.07, 6.45) is 0.503. The van der Waals surface area contributed by atoms with E-state index in [-0.39, 0.29) is 15.8 Å². The van der Waals surface area contributed by atoms with E-state index in [4.69, 9.17) is 11.6 Å². The van der Waals surface area contributed by atoms with Gasteiger partial charge in [0.25, 0.3) is 0 Å². The first-order valence-electron chi connectivity index (χ1n) is 5.61. The molecule has 0 aromatic heterocycles. The molecular weight excluding hydrogens is 260 g/mol. The summed E-state index contributed by atoms with van der Waals surface area (Å²) in [5.41, 5.74) is 0. The number of aliphatic hydroxyl groups excluding tert-OH is 1. The number of sulfone groups is 1. The maximum atomic E-state index is 12.4. The highest BCUT2D eigenvalue weighted by molar-refractivity contribution is 7.92. The average molecular weight is 275 g/mol. The lowest BCUT2D eigenvalue weighted by Gasteiger charge is -2.18. The van der Waals surface area contributed by atoms with E-state index in [0.29, 0.717) is 12.8 Å². The molecule has 0 bridgehead atoms. The van der Waals surface area contributed by atoms with Crippen LogP contribution in [0.2, 0.25) is 5.02 Å². The van der Waals surface area contributed by atoms with Gasteiger partial charge in [0.2, 0.25) is 0 Å². The zero-order chi connectivity index (χ0) is 12.6. The lowest BCUT2D eigenvalue weighted by molar-refractivity contribution is 0.142. The van der Waals surface area contributed by atoms with Crippen molar-refractivity contribution < 1.29 is 13.5 Å². The Morgan fingerprint density at radius 3 is 2.47 bits per heavy atom. The van der Waals surface area contributed by atoms with E-state index in [1.54, 1.807) is 25.1 Å². The summed E-state index contributed by atoms with van der Waals surface area (Å²) in [6, 6.07) is 6.46. The molecule has 3 atom stereocenters. The molecule has 1 aliphatic rings. The Hall–Kier alpha value is -0.580. The number of hydrogen-bond acceptors (Lipinski definition) is 3. The molecule has 0 amide bonds. The molecule has 1 saturated carbocycles. The van der Waals surface area contributed by atoms with Gasteiger partial charge in [-0.25, -0.2) is 8.42 Å². The number of benzene rings is 1. The molecule has 2 rings (SSSR count). The smallest absolute Gasteiger partial charge is 0.183 e. The molecule has 17 heavy (non-hydrogen) atoms. The van der Waals surface area contributed by atoms with Crippen LogP contribution in [0.4, 0.5) is 0 Å². The van der Waals surface area contributed by atoms with Crippen LogP contribution in [0, 0.1) is 5.92 Å². The third-order valence-electron chi connectivity index (χ3n) is 3.48. The maximum absolute atomic E-state index is 12.4. The normalized spacial score (nSPS) is 29.5. The minimum atomic E-state index is -3.44. The van der Waals surface area contributed by atoms with Crippen molar-refractivity contribution in [3.63, 3.8) is 0 Å². The lowest BCUT2D eigenvalue weighted by Crippen LogP contribution is -2.28. The summed E-state index contributed by atoms with van der Waals surface area (Å²) in [5.74, 6) is -0.240. The maximum Gasteiger partial charge on any atom is 0.183 e. The molecule has 1 N–H and O–H groups in total. The number of aliphatic hydroxyl groups is 1. The minimum Gasteiger partial charge on any atom is -0.393 e. The SMILES string of the molecule is CC1C(O)CCC1S(=O)(=O)c1ccccc1Cl. The second-order valence-corrected chi connectivity index (χ2v) is 7.06. The fourth-order valence-corrected chi connectivity index (χ4v) is 4.97. The Bertz CT molecular complexity index is 512. The summed E-state index contributed by atoms with van der Waals surface area (Å²) in [5, 5.41) is 9.37. The zero-order valence-corrected chi connectivity index (χ0v) is 11.1. The summed E-state index contributed by atoms with van der Waals surface area (Å²) in [7, 11) is -3.44. The second kappa shape index (κ2) is 4.59. The third-order valence-corrected chi connectivity index (χ3v) is 6.35. The van der Waals surface area contributed by atoms with Crippen LogP contribution in [-0.2, 0) is 9.84 Å². The van der Waals surface area contributed by atoms with Crippen LogP contribution in [0.5, 0.6) is 0 Å². The predicted molar refractivity (Wildman–Crippen MR) is 66.8 cm³/mol. The Labute approximate surface area is 106 Å². The van der Waals surface area contributed by atoms with Gasteiger partial charge in [0, 0.05) is 0 Å². The summed E-state index contributed by atoms with van der Waals surface area (Å²) < 4.78 is 24.8. The standard InChI is InChI=1S/C12H15ClO3S/c1-8-10(14)6-7-11(8)17(15,16)12-5-3-2-4-9(12)13/h2-5,8,10-11,14H,6-7H2,1H3. The molecule has 1 fully saturated rings. The minimum absolute atomic E-state index is 0.174. The van der Waals surface area contributed by atoms with Gasteiger partial charge in [-0.2, -0.15) is 0 Å². The molecule has 1 aromatic rings. The predicted octanol–water partition coefficient (Wildman–Crippen LogP) is 2.27. The molecule has 1 aromatic carbocycles. The fraction of sp³-hybridized carbons (Fsp3) is 0.500. The van der Waals surface area contributed by atoms with E-state index in [1.165, 1.54) is 6.07 Å². The van der Waals surface area contributed by atoms with Gasteiger partial charge < -0.3 is 5.11 Å². The van der Waals surface area contributed by atoms with Crippen LogP contribution in [0.1, 0.15) is 19.8 Å². The van der Waals surface area contributed by atoms with Crippen molar-refractivity contribution in [1.29, 1.82) is 0 Å². The summed E-state index contributed by atoms with van der Waals surface area (Å²) in [4.78, 5) is 0.174. The van der Waals surface area contributed by atoms with E-state index in [0.717, 1.165) is 0 Å². The van der Waals surface area contributed by atoms with Gasteiger partial charge in [-0.3, -0.25) is 0 Å². The number of rotatable bonds is 2. The molecule has 5 heteroatoms. The first-order chi connectivity index (χ1) is 7.94. The van der Waals surface area contributed by atoms with Crippen LogP contribution in [0.3, 0.4) is 0 Å². The van der Waals surface area contributed by atoms with Crippen LogP contribution < -0.4 is 0 Å². The third kappa shape index (κ3) is 2.21. The monoisotopic (exact) mass is 274 g/mol. The molecule has 0 spiro atoms. The Morgan fingerprint density at radius 1 is 1.29 bits per heavy atom. The number of hydrogen-bond donors (Lipinski definition) is 1. The van der Waals surface area contributed by atoms with Gasteiger partial charge in [0.05, 0.1) is 21.3 Å². The van der Waals surface area contributed by atoms with E-state index < -0.39 is 21.2 Å². The summed E-state index contributed by atoms with van der Waals surface area (Å²) in [6.45, 7) is 1.77. The zero-order valence-electron chi connectivity index (χ0n) is 9.51. The number of halogens is 1. The van der Waals surface area contributed by atoms with Crippen LogP contribution >= 0.6 is 11.6 Å². The molecule has 3 nitrogen and oxygen atoms in total. The van der Waals surface area contributed by atoms with Gasteiger partial charge >= 0.3 is 0 Å². The molecule has 94 valence electrons. The van der Waals surface area contributed by atoms with Crippen molar-refractivity contribution in [2.45, 2.75) is 36.0 Å². The van der Waals surface area contributed by atoms with E-state index in [1.807, 2.05) is 0 Å². The topological polar surface area (TPSA) is 54.4 Å². The fourth-order valence-electron chi connectivity index (χ4n) is 2.38. The van der Waals surface area contributed by atoms with Crippen LogP contribution in [0.25, 0.3) is 0 Å². The highest BCUT2D eigenvalue weighted by atomic mass is 35.5. The molecular formula is C12H15ClO3S. The van der Waals surface area contributed by atoms with Crippen LogP contribution in [0.15, 0.2) is 29.2 Å². The van der Waals surface area contributed by atoms with Crippen molar-refractivity contribution in [3.05, 3.63) is 29.3 Å². The van der Waals surface area contributed by atoms with Crippen molar-refractivity contribution in [3.8, 4) is 0 Å². The van der Waals surface area contributed by atoms with Gasteiger partial charge in [0.15, 0.2) is 9.84 Å². The van der Waals surface area contributed by atoms with E-state index in [9.17, 15) is 13.5 Å². The van der Waals surface area contributed by atoms with Crippen molar-refractivity contribution in [2.24, 2.45) is 5.92 Å². The average Bonchev–Trinajstić information content (AvgIpc) is 2.60. The van der Waals surface area contributed by atoms with Gasteiger partial charge in [-0.05, 0) is 30.9 Å². The van der Waals surface area contributed by atoms with Crippen molar-refractivity contribution in [1.82, 2.24) is 0 Å². The van der Waals surface area contributed by atoms with Crippen LogP contribution in [-0.4, -0.2) is 24.9 Å². The van der Waals surface area contributed by atoms with Gasteiger partial charge in [-0.1, -0.05) is 30.7 Å². The second-order valence-electron chi connectivity index (χ2n) is 4.52. The molecule has 3 unspecified atom stereocenters. The van der Waals surface area contributed by atoms with E-state index >= 15 is 0 Å². The van der Waals surface area contributed by atoms with Crippen molar-refractivity contribution >= 4 is 21.4 Å².